The van der Waals surface area contributed by atoms with Crippen LogP contribution in [-0.2, 0) is 48.4 Å². The lowest BCUT2D eigenvalue weighted by atomic mass is 9.88. The van der Waals surface area contributed by atoms with Crippen molar-refractivity contribution < 1.29 is 54.9 Å². The molecule has 3 unspecified atom stereocenters. The molecule has 354 valence electrons. The molecule has 63 heavy (non-hydrogen) atoms. The summed E-state index contributed by atoms with van der Waals surface area (Å²) < 4.78 is 95.5. The summed E-state index contributed by atoms with van der Waals surface area (Å²) in [5.41, 5.74) is 0.565. The van der Waals surface area contributed by atoms with Crippen LogP contribution in [0.1, 0.15) is 120 Å². The number of hydrogen-bond acceptors (Lipinski definition) is 6. The van der Waals surface area contributed by atoms with Crippen molar-refractivity contribution in [3.8, 4) is 0 Å². The summed E-state index contributed by atoms with van der Waals surface area (Å²) >= 11 is 0. The molecule has 3 N–H and O–H groups in total. The number of amides is 3. The number of rotatable bonds is 17. The van der Waals surface area contributed by atoms with Gasteiger partial charge in [-0.05, 0) is 118 Å². The van der Waals surface area contributed by atoms with Gasteiger partial charge in [0.2, 0.25) is 17.7 Å². The molecule has 0 aliphatic rings. The third kappa shape index (κ3) is 24.3. The predicted octanol–water partition coefficient (Wildman–Crippen LogP) is 10.3. The molecule has 3 atom stereocenters. The van der Waals surface area contributed by atoms with Gasteiger partial charge in [0.1, 0.15) is 53.2 Å². The van der Waals surface area contributed by atoms with Gasteiger partial charge in [-0.2, -0.15) is 0 Å². The molecule has 0 radical (unpaired) electrons. The van der Waals surface area contributed by atoms with Gasteiger partial charge in [0, 0.05) is 36.3 Å². The highest BCUT2D eigenvalue weighted by molar-refractivity contribution is 5.82. The van der Waals surface area contributed by atoms with E-state index in [0.29, 0.717) is 23.1 Å². The standard InChI is InChI=1S/C17H25F2NO2.C16H23F2NO2.C15H21F2NO2/c1-11(2)20-16(21)15(9-17(3,4)5)22-10-12-6-13(18)8-14(19)7-12;1-10(2)19-15(20)14(16(3,4)5)21-9-11-6-12(17)8-13(18)7-11;1-9(2)14(15(19)18-10(3)4)20-8-11-5-12(16)7-13(17)6-11/h6-8,11,15H,9-10H2,1-5H3,(H,20,21);6-8,10,14H,9H2,1-5H3,(H,19,20);5-7,9-10,14H,8H2,1-4H3,(H,18,19). The van der Waals surface area contributed by atoms with E-state index in [4.69, 9.17) is 14.2 Å². The second-order valence-electron chi connectivity index (χ2n) is 18.9. The van der Waals surface area contributed by atoms with Crippen LogP contribution in [0.3, 0.4) is 0 Å². The summed E-state index contributed by atoms with van der Waals surface area (Å²) in [6, 6.07) is 9.62. The van der Waals surface area contributed by atoms with Crippen molar-refractivity contribution in [1.29, 1.82) is 0 Å². The van der Waals surface area contributed by atoms with E-state index in [1.807, 2.05) is 96.9 Å². The van der Waals surface area contributed by atoms with E-state index in [0.717, 1.165) is 18.2 Å². The summed E-state index contributed by atoms with van der Waals surface area (Å²) in [7, 11) is 0. The number of nitrogens with one attached hydrogen (secondary N) is 3. The minimum Gasteiger partial charge on any atom is -0.364 e. The number of benzene rings is 3. The van der Waals surface area contributed by atoms with Crippen LogP contribution in [0, 0.1) is 51.7 Å². The van der Waals surface area contributed by atoms with Gasteiger partial charge in [0.15, 0.2) is 0 Å². The van der Waals surface area contributed by atoms with Crippen molar-refractivity contribution in [2.24, 2.45) is 16.7 Å². The van der Waals surface area contributed by atoms with Crippen LogP contribution in [0.15, 0.2) is 54.6 Å². The molecule has 0 aliphatic carbocycles. The zero-order chi connectivity index (χ0) is 48.4. The quantitative estimate of drug-likeness (QED) is 0.116. The molecule has 3 aromatic carbocycles. The minimum absolute atomic E-state index is 0.00226. The van der Waals surface area contributed by atoms with Crippen LogP contribution < -0.4 is 16.0 Å². The van der Waals surface area contributed by atoms with E-state index < -0.39 is 58.6 Å². The monoisotopic (exact) mass is 898 g/mol. The fourth-order valence-corrected chi connectivity index (χ4v) is 5.82. The highest BCUT2D eigenvalue weighted by Crippen LogP contribution is 2.25. The Balaban J connectivity index is 0.000000473. The van der Waals surface area contributed by atoms with Gasteiger partial charge in [0.25, 0.3) is 0 Å². The molecule has 0 heterocycles. The predicted molar refractivity (Wildman–Crippen MR) is 233 cm³/mol. The minimum atomic E-state index is -0.703. The Morgan fingerprint density at radius 3 is 1.11 bits per heavy atom. The second kappa shape index (κ2) is 26.3. The maximum Gasteiger partial charge on any atom is 0.249 e. The summed E-state index contributed by atoms with van der Waals surface area (Å²) in [4.78, 5) is 36.3. The number of carbonyl (C=O) groups excluding carboxylic acids is 3. The molecule has 0 spiro atoms. The summed E-state index contributed by atoms with van der Waals surface area (Å²) in [6.07, 6.45) is -1.49. The van der Waals surface area contributed by atoms with Crippen molar-refractivity contribution in [2.45, 2.75) is 160 Å². The molecular formula is C48H69F6N3O6. The average Bonchev–Trinajstić information content (AvgIpc) is 3.07. The number of carbonyl (C=O) groups is 3. The fraction of sp³-hybridized carbons (Fsp3) is 0.562. The van der Waals surface area contributed by atoms with Crippen molar-refractivity contribution in [3.05, 3.63) is 106 Å². The van der Waals surface area contributed by atoms with Crippen LogP contribution in [0.4, 0.5) is 26.3 Å². The summed E-state index contributed by atoms with van der Waals surface area (Å²) in [5.74, 6) is -4.63. The Hall–Kier alpha value is -4.47. The Morgan fingerprint density at radius 2 is 0.794 bits per heavy atom. The molecule has 0 saturated carbocycles. The van der Waals surface area contributed by atoms with Crippen molar-refractivity contribution in [1.82, 2.24) is 16.0 Å². The van der Waals surface area contributed by atoms with Gasteiger partial charge in [-0.25, -0.2) is 26.3 Å². The topological polar surface area (TPSA) is 115 Å². The lowest BCUT2D eigenvalue weighted by molar-refractivity contribution is -0.142. The van der Waals surface area contributed by atoms with Gasteiger partial charge in [-0.1, -0.05) is 55.4 Å². The van der Waals surface area contributed by atoms with E-state index >= 15 is 0 Å². The first-order valence-electron chi connectivity index (χ1n) is 21.1. The van der Waals surface area contributed by atoms with Gasteiger partial charge in [-0.15, -0.1) is 0 Å². The highest BCUT2D eigenvalue weighted by atomic mass is 19.2. The largest absolute Gasteiger partial charge is 0.364 e. The van der Waals surface area contributed by atoms with E-state index in [-0.39, 0.29) is 67.0 Å². The normalized spacial score (nSPS) is 13.1. The van der Waals surface area contributed by atoms with Crippen LogP contribution in [-0.4, -0.2) is 54.2 Å². The van der Waals surface area contributed by atoms with E-state index in [1.165, 1.54) is 36.4 Å². The molecule has 0 bridgehead atoms. The molecule has 0 aromatic heterocycles. The van der Waals surface area contributed by atoms with E-state index in [1.54, 1.807) is 0 Å². The Labute approximate surface area is 370 Å². The molecule has 0 aliphatic heterocycles. The average molecular weight is 898 g/mol. The van der Waals surface area contributed by atoms with E-state index in [9.17, 15) is 40.7 Å². The number of hydrogen-bond donors (Lipinski definition) is 3. The first-order valence-corrected chi connectivity index (χ1v) is 21.1. The SMILES string of the molecule is CC(C)NC(=O)C(CC(C)(C)C)OCc1cc(F)cc(F)c1.CC(C)NC(=O)C(OCc1cc(F)cc(F)c1)C(C)(C)C.CC(C)NC(=O)C(OCc1cc(F)cc(F)c1)C(C)C. The van der Waals surface area contributed by atoms with Crippen molar-refractivity contribution in [3.63, 3.8) is 0 Å². The van der Waals surface area contributed by atoms with Crippen LogP contribution in [0.2, 0.25) is 0 Å². The van der Waals surface area contributed by atoms with Crippen molar-refractivity contribution in [2.75, 3.05) is 0 Å². The zero-order valence-corrected chi connectivity index (χ0v) is 39.3. The lowest BCUT2D eigenvalue weighted by Crippen LogP contribution is -2.46. The van der Waals surface area contributed by atoms with Crippen LogP contribution in [0.25, 0.3) is 0 Å². The molecule has 0 fully saturated rings. The maximum atomic E-state index is 13.2. The van der Waals surface area contributed by atoms with Gasteiger partial charge in [-0.3, -0.25) is 14.4 Å². The molecule has 3 amide bonds. The van der Waals surface area contributed by atoms with Crippen molar-refractivity contribution >= 4 is 17.7 Å². The maximum absolute atomic E-state index is 13.2. The molecule has 15 heteroatoms. The van der Waals surface area contributed by atoms with E-state index in [2.05, 4.69) is 16.0 Å². The first-order chi connectivity index (χ1) is 28.9. The molecule has 3 rings (SSSR count). The summed E-state index contributed by atoms with van der Waals surface area (Å²) in [6.45, 7) is 26.5. The highest BCUT2D eigenvalue weighted by Gasteiger charge is 2.33. The zero-order valence-electron chi connectivity index (χ0n) is 39.3. The Kier molecular flexibility index (Phi) is 23.7. The Bertz CT molecular complexity index is 1830. The van der Waals surface area contributed by atoms with Gasteiger partial charge < -0.3 is 30.2 Å². The van der Waals surface area contributed by atoms with Crippen LogP contribution in [0.5, 0.6) is 0 Å². The Morgan fingerprint density at radius 1 is 0.476 bits per heavy atom. The first kappa shape index (κ1) is 56.5. The fourth-order valence-electron chi connectivity index (χ4n) is 5.82. The van der Waals surface area contributed by atoms with Crippen LogP contribution >= 0.6 is 0 Å². The number of ether oxygens (including phenoxy) is 3. The molecule has 0 saturated heterocycles. The van der Waals surface area contributed by atoms with Gasteiger partial charge >= 0.3 is 0 Å². The summed E-state index contributed by atoms with van der Waals surface area (Å²) in [5, 5.41) is 8.38. The molecule has 9 nitrogen and oxygen atoms in total. The lowest BCUT2D eigenvalue weighted by Gasteiger charge is -2.30. The third-order valence-corrected chi connectivity index (χ3v) is 8.34. The molecular weight excluding hydrogens is 829 g/mol. The third-order valence-electron chi connectivity index (χ3n) is 8.34. The van der Waals surface area contributed by atoms with Gasteiger partial charge in [0.05, 0.1) is 19.8 Å². The smallest absolute Gasteiger partial charge is 0.249 e. The second-order valence-corrected chi connectivity index (χ2v) is 18.9. The number of halogens is 6. The molecule has 3 aromatic rings.